The van der Waals surface area contributed by atoms with Crippen molar-refractivity contribution in [2.45, 2.75) is 6.61 Å². The normalized spacial score (nSPS) is 15.5. The van der Waals surface area contributed by atoms with E-state index < -0.39 is 4.92 Å². The van der Waals surface area contributed by atoms with Gasteiger partial charge in [-0.2, -0.15) is 0 Å². The van der Waals surface area contributed by atoms with E-state index in [-0.39, 0.29) is 18.2 Å². The molecule has 0 saturated carbocycles. The minimum Gasteiger partial charge on any atom is -0.487 e. The Kier molecular flexibility index (Phi) is 8.38. The van der Waals surface area contributed by atoms with Crippen molar-refractivity contribution in [3.8, 4) is 5.75 Å². The first-order valence-corrected chi connectivity index (χ1v) is 13.2. The zero-order valence-corrected chi connectivity index (χ0v) is 23.5. The van der Waals surface area contributed by atoms with E-state index in [1.54, 1.807) is 36.4 Å². The number of nitrogens with one attached hydrogen (secondary N) is 1. The summed E-state index contributed by atoms with van der Waals surface area (Å²) in [5, 5.41) is 14.6. The summed E-state index contributed by atoms with van der Waals surface area (Å²) in [7, 11) is 0. The highest BCUT2D eigenvalue weighted by Crippen LogP contribution is 2.36. The lowest BCUT2D eigenvalue weighted by Gasteiger charge is -2.11. The van der Waals surface area contributed by atoms with Crippen molar-refractivity contribution in [3.05, 3.63) is 98.8 Å². The Morgan fingerprint density at radius 1 is 1.20 bits per heavy atom. The molecule has 0 radical (unpaired) electrons. The molecule has 1 N–H and O–H groups in total. The van der Waals surface area contributed by atoms with Gasteiger partial charge in [-0.05, 0) is 104 Å². The Morgan fingerprint density at radius 3 is 2.63 bits per heavy atom. The molecule has 1 aliphatic rings. The van der Waals surface area contributed by atoms with Gasteiger partial charge in [0.05, 0.1) is 33.6 Å². The number of benzene rings is 3. The highest BCUT2D eigenvalue weighted by Gasteiger charge is 2.24. The minimum atomic E-state index is -0.443. The van der Waals surface area contributed by atoms with Gasteiger partial charge in [-0.1, -0.05) is 29.3 Å². The molecule has 1 fully saturated rings. The summed E-state index contributed by atoms with van der Waals surface area (Å²) >= 11 is 19.1. The predicted octanol–water partition coefficient (Wildman–Crippen LogP) is 7.74. The second kappa shape index (κ2) is 11.3. The Morgan fingerprint density at radius 2 is 1.94 bits per heavy atom. The zero-order valence-electron chi connectivity index (χ0n) is 17.4. The molecule has 35 heavy (non-hydrogen) atoms. The lowest BCUT2D eigenvalue weighted by atomic mass is 10.2. The van der Waals surface area contributed by atoms with E-state index in [2.05, 4.69) is 48.8 Å². The molecule has 1 amide bonds. The third kappa shape index (κ3) is 6.36. The molecule has 12 heteroatoms. The van der Waals surface area contributed by atoms with E-state index in [1.165, 1.54) is 23.9 Å². The van der Waals surface area contributed by atoms with Crippen molar-refractivity contribution in [1.29, 1.82) is 0 Å². The smallest absolute Gasteiger partial charge is 0.269 e. The van der Waals surface area contributed by atoms with Crippen LogP contribution >= 0.6 is 73.5 Å². The van der Waals surface area contributed by atoms with Gasteiger partial charge in [-0.3, -0.25) is 14.9 Å². The van der Waals surface area contributed by atoms with Crippen LogP contribution in [0.4, 0.5) is 11.4 Å². The largest absolute Gasteiger partial charge is 0.487 e. The number of carbonyl (C=O) groups is 1. The van der Waals surface area contributed by atoms with Gasteiger partial charge >= 0.3 is 0 Å². The quantitative estimate of drug-likeness (QED) is 0.123. The van der Waals surface area contributed by atoms with Gasteiger partial charge in [-0.15, -0.1) is 0 Å². The summed E-state index contributed by atoms with van der Waals surface area (Å²) < 4.78 is 7.47. The topological polar surface area (TPSA) is 93.8 Å². The minimum absolute atomic E-state index is 0.0274. The van der Waals surface area contributed by atoms with E-state index in [9.17, 15) is 14.9 Å². The number of hydrogen-bond acceptors (Lipinski definition) is 6. The molecule has 0 unspecified atom stereocenters. The van der Waals surface area contributed by atoms with Crippen LogP contribution < -0.4 is 10.1 Å². The molecule has 1 saturated heterocycles. The SMILES string of the molecule is O=C1NC(=Nc2cccc(Cl)c2Cl)S/C1=C\c1cc(Br)c(OCc2ccc([N+](=O)[O-])cc2)c(I)c1. The van der Waals surface area contributed by atoms with Gasteiger partial charge in [0.15, 0.2) is 5.17 Å². The predicted molar refractivity (Wildman–Crippen MR) is 152 cm³/mol. The van der Waals surface area contributed by atoms with Crippen molar-refractivity contribution in [3.63, 3.8) is 0 Å². The molecule has 1 aliphatic heterocycles. The van der Waals surface area contributed by atoms with Crippen LogP contribution in [0, 0.1) is 13.7 Å². The average molecular weight is 705 g/mol. The monoisotopic (exact) mass is 703 g/mol. The van der Waals surface area contributed by atoms with E-state index in [1.807, 2.05) is 12.1 Å². The Hall–Kier alpha value is -2.12. The average Bonchev–Trinajstić information content (AvgIpc) is 3.15. The molecule has 0 atom stereocenters. The van der Waals surface area contributed by atoms with Crippen LogP contribution in [-0.4, -0.2) is 16.0 Å². The number of ether oxygens (including phenoxy) is 1. The first kappa shape index (κ1) is 26.0. The van der Waals surface area contributed by atoms with Crippen LogP contribution in [0.3, 0.4) is 0 Å². The van der Waals surface area contributed by atoms with Crippen molar-refractivity contribution in [2.24, 2.45) is 4.99 Å². The molecule has 178 valence electrons. The van der Waals surface area contributed by atoms with E-state index in [4.69, 9.17) is 27.9 Å². The number of nitrogens with zero attached hydrogens (tertiary/aromatic N) is 2. The first-order chi connectivity index (χ1) is 16.7. The molecule has 0 spiro atoms. The third-order valence-corrected chi connectivity index (χ3v) is 7.76. The fourth-order valence-corrected chi connectivity index (χ4v) is 5.93. The number of nitro benzene ring substituents is 1. The van der Waals surface area contributed by atoms with Gasteiger partial charge in [0.25, 0.3) is 11.6 Å². The fraction of sp³-hybridized carbons (Fsp3) is 0.0435. The summed E-state index contributed by atoms with van der Waals surface area (Å²) in [6.45, 7) is 0.247. The van der Waals surface area contributed by atoms with Crippen LogP contribution in [0.2, 0.25) is 10.0 Å². The van der Waals surface area contributed by atoms with Crippen molar-refractivity contribution in [1.82, 2.24) is 5.32 Å². The number of nitro groups is 1. The second-order valence-electron chi connectivity index (χ2n) is 7.08. The fourth-order valence-electron chi connectivity index (χ4n) is 2.99. The summed E-state index contributed by atoms with van der Waals surface area (Å²) in [5.41, 5.74) is 2.09. The summed E-state index contributed by atoms with van der Waals surface area (Å²) in [6, 6.07) is 15.0. The molecule has 7 nitrogen and oxygen atoms in total. The summed E-state index contributed by atoms with van der Waals surface area (Å²) in [4.78, 5) is 27.7. The number of carbonyl (C=O) groups excluding carboxylic acids is 1. The first-order valence-electron chi connectivity index (χ1n) is 9.80. The van der Waals surface area contributed by atoms with Gasteiger partial charge in [0, 0.05) is 12.1 Å². The molecular formula is C23H13BrCl2IN3O4S. The van der Waals surface area contributed by atoms with Crippen LogP contribution in [0.15, 0.2) is 69.0 Å². The molecule has 3 aromatic rings. The number of hydrogen-bond donors (Lipinski definition) is 1. The number of non-ortho nitro benzene ring substituents is 1. The Labute approximate surface area is 236 Å². The van der Waals surface area contributed by atoms with Crippen molar-refractivity contribution in [2.75, 3.05) is 0 Å². The second-order valence-corrected chi connectivity index (χ2v) is 10.9. The number of thioether (sulfide) groups is 1. The lowest BCUT2D eigenvalue weighted by molar-refractivity contribution is -0.384. The van der Waals surface area contributed by atoms with E-state index >= 15 is 0 Å². The maximum atomic E-state index is 12.5. The molecule has 1 heterocycles. The zero-order chi connectivity index (χ0) is 25.1. The molecule has 0 aromatic heterocycles. The van der Waals surface area contributed by atoms with Gasteiger partial charge in [-0.25, -0.2) is 4.99 Å². The molecule has 3 aromatic carbocycles. The van der Waals surface area contributed by atoms with Crippen LogP contribution in [-0.2, 0) is 11.4 Å². The van der Waals surface area contributed by atoms with Crippen LogP contribution in [0.1, 0.15) is 11.1 Å². The standard InChI is InChI=1S/C23H13BrCl2IN3O4S/c24-15-8-13(9-17(27)21(15)34-11-12-4-6-14(7-5-12)30(32)33)10-19-22(31)29-23(35-19)28-18-3-1-2-16(25)20(18)26/h1-10H,11H2,(H,28,29,31)/b19-10-. The number of halogens is 4. The number of aliphatic imine (C=N–C) groups is 1. The van der Waals surface area contributed by atoms with Crippen LogP contribution in [0.5, 0.6) is 5.75 Å². The third-order valence-electron chi connectivity index (χ3n) is 4.65. The number of amides is 1. The maximum absolute atomic E-state index is 12.5. The van der Waals surface area contributed by atoms with E-state index in [0.717, 1.165) is 14.7 Å². The Bertz CT molecular complexity index is 1380. The van der Waals surface area contributed by atoms with Crippen molar-refractivity contribution >= 4 is 102 Å². The Balaban J connectivity index is 1.49. The highest BCUT2D eigenvalue weighted by molar-refractivity contribution is 14.1. The highest BCUT2D eigenvalue weighted by atomic mass is 127. The van der Waals surface area contributed by atoms with Gasteiger partial charge in [0.1, 0.15) is 12.4 Å². The van der Waals surface area contributed by atoms with Crippen molar-refractivity contribution < 1.29 is 14.5 Å². The summed E-state index contributed by atoms with van der Waals surface area (Å²) in [5.74, 6) is 0.365. The molecule has 0 bridgehead atoms. The van der Waals surface area contributed by atoms with Gasteiger partial charge < -0.3 is 10.1 Å². The molecule has 0 aliphatic carbocycles. The number of amidine groups is 1. The van der Waals surface area contributed by atoms with E-state index in [0.29, 0.717) is 36.0 Å². The molecular weight excluding hydrogens is 692 g/mol. The van der Waals surface area contributed by atoms with Crippen LogP contribution in [0.25, 0.3) is 6.08 Å². The summed E-state index contributed by atoms with van der Waals surface area (Å²) in [6.07, 6.45) is 1.76. The molecule has 4 rings (SSSR count). The lowest BCUT2D eigenvalue weighted by Crippen LogP contribution is -2.19. The maximum Gasteiger partial charge on any atom is 0.269 e. The number of rotatable bonds is 6. The van der Waals surface area contributed by atoms with Gasteiger partial charge in [0.2, 0.25) is 0 Å².